The van der Waals surface area contributed by atoms with Gasteiger partial charge in [0, 0.05) is 31.2 Å². The number of likely N-dealkylation sites (tertiary alicyclic amines) is 1. The summed E-state index contributed by atoms with van der Waals surface area (Å²) in [6.07, 6.45) is 2.00. The lowest BCUT2D eigenvalue weighted by molar-refractivity contribution is -0.138. The van der Waals surface area contributed by atoms with Crippen LogP contribution in [0.25, 0.3) is 0 Å². The molecule has 3 aromatic carbocycles. The fourth-order valence-electron chi connectivity index (χ4n) is 4.33. The van der Waals surface area contributed by atoms with E-state index in [1.54, 1.807) is 0 Å². The molecule has 0 N–H and O–H groups in total. The van der Waals surface area contributed by atoms with Crippen LogP contribution in [0.4, 0.5) is 0 Å². The van der Waals surface area contributed by atoms with Crippen LogP contribution in [0.1, 0.15) is 29.5 Å². The molecule has 31 heavy (non-hydrogen) atoms. The monoisotopic (exact) mass is 432 g/mol. The fourth-order valence-corrected chi connectivity index (χ4v) is 4.45. The van der Waals surface area contributed by atoms with Gasteiger partial charge in [0.25, 0.3) is 0 Å². The number of halogens is 1. The molecule has 1 atom stereocenters. The van der Waals surface area contributed by atoms with Crippen molar-refractivity contribution in [3.63, 3.8) is 0 Å². The molecule has 1 aliphatic rings. The van der Waals surface area contributed by atoms with Crippen molar-refractivity contribution in [3.8, 4) is 0 Å². The quantitative estimate of drug-likeness (QED) is 0.472. The maximum atomic E-state index is 13.6. The topological polar surface area (TPSA) is 23.6 Å². The van der Waals surface area contributed by atoms with E-state index in [1.807, 2.05) is 53.4 Å². The maximum Gasteiger partial charge on any atom is 0.227 e. The van der Waals surface area contributed by atoms with Crippen LogP contribution >= 0.6 is 11.6 Å². The van der Waals surface area contributed by atoms with Crippen LogP contribution in [-0.2, 0) is 24.4 Å². The second-order valence-corrected chi connectivity index (χ2v) is 8.80. The van der Waals surface area contributed by atoms with Gasteiger partial charge < -0.3 is 4.90 Å². The first kappa shape index (κ1) is 21.6. The summed E-state index contributed by atoms with van der Waals surface area (Å²) in [5.74, 6) is 0.294. The third-order valence-corrected chi connectivity index (χ3v) is 6.17. The smallest absolute Gasteiger partial charge is 0.227 e. The zero-order valence-electron chi connectivity index (χ0n) is 17.8. The van der Waals surface area contributed by atoms with Crippen LogP contribution in [0, 0.1) is 5.92 Å². The number of amides is 1. The lowest BCUT2D eigenvalue weighted by Gasteiger charge is -2.35. The van der Waals surface area contributed by atoms with E-state index >= 15 is 0 Å². The molecule has 1 amide bonds. The second-order valence-electron chi connectivity index (χ2n) is 8.37. The van der Waals surface area contributed by atoms with E-state index in [4.69, 9.17) is 11.6 Å². The van der Waals surface area contributed by atoms with Gasteiger partial charge in [0.2, 0.25) is 5.91 Å². The lowest BCUT2D eigenvalue weighted by Crippen LogP contribution is -2.44. The highest BCUT2D eigenvalue weighted by molar-refractivity contribution is 6.30. The van der Waals surface area contributed by atoms with E-state index in [0.29, 0.717) is 13.1 Å². The number of hydrogen-bond acceptors (Lipinski definition) is 2. The molecule has 0 aliphatic carbocycles. The predicted octanol–water partition coefficient (Wildman–Crippen LogP) is 5.78. The van der Waals surface area contributed by atoms with Crippen molar-refractivity contribution in [2.45, 2.75) is 32.5 Å². The first-order chi connectivity index (χ1) is 15.2. The third kappa shape index (κ3) is 6.19. The van der Waals surface area contributed by atoms with Gasteiger partial charge in [-0.3, -0.25) is 9.69 Å². The molecule has 0 aromatic heterocycles. The number of rotatable bonds is 7. The van der Waals surface area contributed by atoms with E-state index in [1.165, 1.54) is 16.7 Å². The minimum atomic E-state index is 0.0356. The summed E-state index contributed by atoms with van der Waals surface area (Å²) >= 11 is 6.02. The highest BCUT2D eigenvalue weighted by atomic mass is 35.5. The van der Waals surface area contributed by atoms with Crippen molar-refractivity contribution >= 4 is 17.5 Å². The normalized spacial score (nSPS) is 16.7. The molecule has 0 saturated carbocycles. The van der Waals surface area contributed by atoms with Gasteiger partial charge >= 0.3 is 0 Å². The number of piperidine rings is 1. The van der Waals surface area contributed by atoms with Crippen molar-refractivity contribution in [2.24, 2.45) is 5.92 Å². The molecule has 4 heteroatoms. The number of benzene rings is 3. The number of nitrogens with zero attached hydrogens (tertiary/aromatic N) is 2. The van der Waals surface area contributed by atoms with Crippen LogP contribution in [0.15, 0.2) is 84.9 Å². The molecule has 0 spiro atoms. The molecular formula is C27H29ClN2O. The highest BCUT2D eigenvalue weighted by Gasteiger charge is 2.29. The minimum absolute atomic E-state index is 0.0356. The highest BCUT2D eigenvalue weighted by Crippen LogP contribution is 2.23. The first-order valence-corrected chi connectivity index (χ1v) is 11.4. The molecule has 1 fully saturated rings. The van der Waals surface area contributed by atoms with E-state index in [0.717, 1.165) is 37.5 Å². The molecule has 160 valence electrons. The Morgan fingerprint density at radius 2 is 1.42 bits per heavy atom. The molecular weight excluding hydrogens is 404 g/mol. The van der Waals surface area contributed by atoms with E-state index in [-0.39, 0.29) is 11.8 Å². The summed E-state index contributed by atoms with van der Waals surface area (Å²) in [5.41, 5.74) is 3.57. The third-order valence-electron chi connectivity index (χ3n) is 5.92. The Hall–Kier alpha value is -2.62. The van der Waals surface area contributed by atoms with Crippen LogP contribution < -0.4 is 0 Å². The molecule has 1 heterocycles. The number of hydrogen-bond donors (Lipinski definition) is 0. The molecule has 3 aromatic rings. The fraction of sp³-hybridized carbons (Fsp3) is 0.296. The van der Waals surface area contributed by atoms with Gasteiger partial charge in [-0.05, 0) is 48.2 Å². The summed E-state index contributed by atoms with van der Waals surface area (Å²) < 4.78 is 0. The van der Waals surface area contributed by atoms with Gasteiger partial charge in [0.05, 0.1) is 5.92 Å². The summed E-state index contributed by atoms with van der Waals surface area (Å²) in [5, 5.41) is 0.757. The molecule has 4 rings (SSSR count). The van der Waals surface area contributed by atoms with Crippen LogP contribution in [0.2, 0.25) is 5.02 Å². The molecule has 3 nitrogen and oxygen atoms in total. The summed E-state index contributed by atoms with van der Waals surface area (Å²) in [6, 6.07) is 28.6. The van der Waals surface area contributed by atoms with Crippen molar-refractivity contribution in [1.82, 2.24) is 9.80 Å². The van der Waals surface area contributed by atoms with Crippen molar-refractivity contribution in [1.29, 1.82) is 0 Å². The zero-order valence-corrected chi connectivity index (χ0v) is 18.5. The van der Waals surface area contributed by atoms with Crippen molar-refractivity contribution < 1.29 is 4.79 Å². The standard InChI is InChI=1S/C27H29ClN2O/c28-26-15-13-24(14-16-26)18-29-17-7-12-25(21-29)27(31)30(19-22-8-3-1-4-9-22)20-23-10-5-2-6-11-23/h1-6,8-11,13-16,25H,7,12,17-21H2/t25-/m1/s1. The Kier molecular flexibility index (Phi) is 7.39. The zero-order chi connectivity index (χ0) is 21.5. The Balaban J connectivity index is 1.46. The largest absolute Gasteiger partial charge is 0.334 e. The van der Waals surface area contributed by atoms with Crippen LogP contribution in [0.5, 0.6) is 0 Å². The number of carbonyl (C=O) groups excluding carboxylic acids is 1. The first-order valence-electron chi connectivity index (χ1n) is 11.0. The van der Waals surface area contributed by atoms with E-state index in [9.17, 15) is 4.79 Å². The predicted molar refractivity (Wildman–Crippen MR) is 127 cm³/mol. The van der Waals surface area contributed by atoms with E-state index < -0.39 is 0 Å². The van der Waals surface area contributed by atoms with Crippen molar-refractivity contribution in [3.05, 3.63) is 107 Å². The molecule has 1 saturated heterocycles. The lowest BCUT2D eigenvalue weighted by atomic mass is 9.95. The van der Waals surface area contributed by atoms with Gasteiger partial charge in [-0.25, -0.2) is 0 Å². The van der Waals surface area contributed by atoms with Crippen LogP contribution in [0.3, 0.4) is 0 Å². The van der Waals surface area contributed by atoms with Gasteiger partial charge in [0.1, 0.15) is 0 Å². The average Bonchev–Trinajstić information content (AvgIpc) is 2.81. The van der Waals surface area contributed by atoms with Gasteiger partial charge in [-0.15, -0.1) is 0 Å². The Labute approximate surface area is 190 Å². The molecule has 0 unspecified atom stereocenters. The summed E-state index contributed by atoms with van der Waals surface area (Å²) in [4.78, 5) is 18.1. The molecule has 1 aliphatic heterocycles. The van der Waals surface area contributed by atoms with Crippen LogP contribution in [-0.4, -0.2) is 28.8 Å². The molecule has 0 radical (unpaired) electrons. The Morgan fingerprint density at radius 3 is 2.00 bits per heavy atom. The second kappa shape index (κ2) is 10.6. The SMILES string of the molecule is O=C([C@@H]1CCCN(Cc2ccc(Cl)cc2)C1)N(Cc1ccccc1)Cc1ccccc1. The summed E-state index contributed by atoms with van der Waals surface area (Å²) in [6.45, 7) is 3.98. The minimum Gasteiger partial charge on any atom is -0.334 e. The number of carbonyl (C=O) groups is 1. The van der Waals surface area contributed by atoms with Gasteiger partial charge in [0.15, 0.2) is 0 Å². The Bertz CT molecular complexity index is 918. The average molecular weight is 433 g/mol. The Morgan fingerprint density at radius 1 is 0.839 bits per heavy atom. The van der Waals surface area contributed by atoms with E-state index in [2.05, 4.69) is 41.3 Å². The van der Waals surface area contributed by atoms with Gasteiger partial charge in [-0.1, -0.05) is 84.4 Å². The summed E-state index contributed by atoms with van der Waals surface area (Å²) in [7, 11) is 0. The maximum absolute atomic E-state index is 13.6. The van der Waals surface area contributed by atoms with Crippen molar-refractivity contribution in [2.75, 3.05) is 13.1 Å². The van der Waals surface area contributed by atoms with Gasteiger partial charge in [-0.2, -0.15) is 0 Å². The molecule has 0 bridgehead atoms.